The van der Waals surface area contributed by atoms with Gasteiger partial charge in [0, 0.05) is 19.0 Å². The summed E-state index contributed by atoms with van der Waals surface area (Å²) in [6.45, 7) is 9.29. The van der Waals surface area contributed by atoms with Gasteiger partial charge in [-0.1, -0.05) is 51.1 Å². The molecule has 0 saturated carbocycles. The number of nitrogens with one attached hydrogen (secondary N) is 1. The molecular weight excluding hydrogens is 404 g/mol. The van der Waals surface area contributed by atoms with E-state index in [0.717, 1.165) is 5.56 Å². The number of amides is 1. The van der Waals surface area contributed by atoms with Gasteiger partial charge in [-0.05, 0) is 47.8 Å². The number of piperidine rings is 1. The molecule has 158 valence electrons. The Hall–Kier alpha value is -1.70. The monoisotopic (exact) mass is 434 g/mol. The third-order valence-corrected chi connectivity index (χ3v) is 8.82. The first-order chi connectivity index (χ1) is 13.6. The summed E-state index contributed by atoms with van der Waals surface area (Å²) in [7, 11) is -3.43. The van der Waals surface area contributed by atoms with Crippen LogP contribution in [0.4, 0.5) is 0 Å². The van der Waals surface area contributed by atoms with E-state index < -0.39 is 10.0 Å². The van der Waals surface area contributed by atoms with Crippen LogP contribution in [0.25, 0.3) is 0 Å². The normalized spacial score (nSPS) is 17.8. The Balaban J connectivity index is 1.56. The van der Waals surface area contributed by atoms with Crippen molar-refractivity contribution < 1.29 is 13.2 Å². The van der Waals surface area contributed by atoms with Crippen molar-refractivity contribution in [1.82, 2.24) is 9.62 Å². The van der Waals surface area contributed by atoms with E-state index in [9.17, 15) is 13.2 Å². The van der Waals surface area contributed by atoms with Crippen LogP contribution >= 0.6 is 11.3 Å². The summed E-state index contributed by atoms with van der Waals surface area (Å²) in [5.41, 5.74) is 2.44. The maximum Gasteiger partial charge on any atom is 0.252 e. The van der Waals surface area contributed by atoms with Gasteiger partial charge in [0.25, 0.3) is 10.0 Å². The van der Waals surface area contributed by atoms with E-state index in [0.29, 0.717) is 30.1 Å². The summed E-state index contributed by atoms with van der Waals surface area (Å²) >= 11 is 1.23. The SMILES string of the molecule is C[C@@H](NC(=O)C1CCN(S(=O)(=O)c2cccs2)CC1)c1ccc(C(C)(C)C)cc1. The molecule has 0 bridgehead atoms. The fourth-order valence-electron chi connectivity index (χ4n) is 3.58. The van der Waals surface area contributed by atoms with Gasteiger partial charge in [-0.25, -0.2) is 8.42 Å². The van der Waals surface area contributed by atoms with Crippen molar-refractivity contribution in [3.8, 4) is 0 Å². The van der Waals surface area contributed by atoms with Crippen molar-refractivity contribution >= 4 is 27.3 Å². The zero-order valence-corrected chi connectivity index (χ0v) is 19.1. The lowest BCUT2D eigenvalue weighted by Crippen LogP contribution is -2.43. The molecule has 1 aliphatic rings. The predicted molar refractivity (Wildman–Crippen MR) is 118 cm³/mol. The molecule has 29 heavy (non-hydrogen) atoms. The third-order valence-electron chi connectivity index (χ3n) is 5.55. The quantitative estimate of drug-likeness (QED) is 0.762. The van der Waals surface area contributed by atoms with E-state index >= 15 is 0 Å². The highest BCUT2D eigenvalue weighted by molar-refractivity contribution is 7.91. The van der Waals surface area contributed by atoms with Crippen LogP contribution < -0.4 is 5.32 Å². The number of hydrogen-bond acceptors (Lipinski definition) is 4. The largest absolute Gasteiger partial charge is 0.349 e. The Morgan fingerprint density at radius 2 is 1.76 bits per heavy atom. The Bertz CT molecular complexity index is 921. The second-order valence-electron chi connectivity index (χ2n) is 8.71. The second-order valence-corrected chi connectivity index (χ2v) is 11.8. The Morgan fingerprint density at radius 3 is 2.28 bits per heavy atom. The molecule has 1 aromatic heterocycles. The van der Waals surface area contributed by atoms with Crippen molar-refractivity contribution in [2.75, 3.05) is 13.1 Å². The second kappa shape index (κ2) is 8.58. The van der Waals surface area contributed by atoms with Crippen molar-refractivity contribution in [2.24, 2.45) is 5.92 Å². The molecule has 1 amide bonds. The number of benzene rings is 1. The molecule has 1 aromatic carbocycles. The van der Waals surface area contributed by atoms with Gasteiger partial charge >= 0.3 is 0 Å². The highest BCUT2D eigenvalue weighted by Gasteiger charge is 2.33. The van der Waals surface area contributed by atoms with Crippen molar-refractivity contribution in [2.45, 2.75) is 56.2 Å². The molecule has 7 heteroatoms. The average Bonchev–Trinajstić information content (AvgIpc) is 3.23. The van der Waals surface area contributed by atoms with Gasteiger partial charge in [-0.2, -0.15) is 4.31 Å². The first kappa shape index (κ1) is 22.0. The van der Waals surface area contributed by atoms with Crippen LogP contribution in [-0.4, -0.2) is 31.7 Å². The number of rotatable bonds is 5. The third kappa shape index (κ3) is 5.08. The number of hydrogen-bond donors (Lipinski definition) is 1. The molecule has 0 spiro atoms. The first-order valence-corrected chi connectivity index (χ1v) is 12.4. The highest BCUT2D eigenvalue weighted by atomic mass is 32.2. The van der Waals surface area contributed by atoms with Gasteiger partial charge in [0.2, 0.25) is 5.91 Å². The molecule has 1 aliphatic heterocycles. The number of carbonyl (C=O) groups excluding carboxylic acids is 1. The molecule has 0 aliphatic carbocycles. The summed E-state index contributed by atoms with van der Waals surface area (Å²) in [5, 5.41) is 4.87. The van der Waals surface area contributed by atoms with Crippen LogP contribution in [-0.2, 0) is 20.2 Å². The molecule has 1 saturated heterocycles. The molecule has 0 unspecified atom stereocenters. The van der Waals surface area contributed by atoms with Crippen molar-refractivity contribution in [3.05, 3.63) is 52.9 Å². The van der Waals surface area contributed by atoms with E-state index in [1.165, 1.54) is 21.2 Å². The molecule has 2 heterocycles. The van der Waals surface area contributed by atoms with E-state index in [4.69, 9.17) is 0 Å². The topological polar surface area (TPSA) is 66.5 Å². The Labute approximate surface area is 178 Å². The van der Waals surface area contributed by atoms with E-state index in [1.807, 2.05) is 6.92 Å². The van der Waals surface area contributed by atoms with Gasteiger partial charge in [-0.3, -0.25) is 4.79 Å². The van der Waals surface area contributed by atoms with Crippen LogP contribution in [0.5, 0.6) is 0 Å². The fraction of sp³-hybridized carbons (Fsp3) is 0.500. The number of nitrogens with zero attached hydrogens (tertiary/aromatic N) is 1. The number of thiophene rings is 1. The van der Waals surface area contributed by atoms with Crippen LogP contribution in [0.15, 0.2) is 46.0 Å². The fourth-order valence-corrected chi connectivity index (χ4v) is 6.20. The van der Waals surface area contributed by atoms with Crippen LogP contribution in [0, 0.1) is 5.92 Å². The smallest absolute Gasteiger partial charge is 0.252 e. The zero-order chi connectivity index (χ0) is 21.2. The maximum absolute atomic E-state index is 12.7. The van der Waals surface area contributed by atoms with Crippen LogP contribution in [0.1, 0.15) is 57.7 Å². The van der Waals surface area contributed by atoms with Gasteiger partial charge in [0.1, 0.15) is 4.21 Å². The lowest BCUT2D eigenvalue weighted by atomic mass is 9.86. The predicted octanol–water partition coefficient (Wildman–Crippen LogP) is 4.32. The molecule has 0 radical (unpaired) electrons. The molecule has 3 rings (SSSR count). The summed E-state index contributed by atoms with van der Waals surface area (Å²) in [5.74, 6) is -0.147. The molecule has 1 atom stereocenters. The molecular formula is C22H30N2O3S2. The van der Waals surface area contributed by atoms with Gasteiger partial charge in [0.05, 0.1) is 6.04 Å². The minimum Gasteiger partial charge on any atom is -0.349 e. The molecule has 1 fully saturated rings. The minimum absolute atomic E-state index is 0.00516. The number of carbonyl (C=O) groups is 1. The summed E-state index contributed by atoms with van der Waals surface area (Å²) < 4.78 is 27.1. The standard InChI is InChI=1S/C22H30N2O3S2/c1-16(17-7-9-19(10-8-17)22(2,3)4)23-21(25)18-11-13-24(14-12-18)29(26,27)20-6-5-15-28-20/h5-10,15-16,18H,11-14H2,1-4H3,(H,23,25)/t16-/m1/s1. The summed E-state index contributed by atoms with van der Waals surface area (Å²) in [4.78, 5) is 12.7. The maximum atomic E-state index is 12.7. The summed E-state index contributed by atoms with van der Waals surface area (Å²) in [6, 6.07) is 11.7. The van der Waals surface area contributed by atoms with Crippen LogP contribution in [0.2, 0.25) is 0 Å². The molecule has 2 aromatic rings. The highest BCUT2D eigenvalue weighted by Crippen LogP contribution is 2.27. The molecule has 1 N–H and O–H groups in total. The Kier molecular flexibility index (Phi) is 6.51. The lowest BCUT2D eigenvalue weighted by Gasteiger charge is -2.31. The zero-order valence-electron chi connectivity index (χ0n) is 17.5. The average molecular weight is 435 g/mol. The first-order valence-electron chi connectivity index (χ1n) is 10.0. The van der Waals surface area contributed by atoms with E-state index in [2.05, 4.69) is 50.4 Å². The van der Waals surface area contributed by atoms with Crippen LogP contribution in [0.3, 0.4) is 0 Å². The van der Waals surface area contributed by atoms with Gasteiger partial charge in [0.15, 0.2) is 0 Å². The van der Waals surface area contributed by atoms with Gasteiger partial charge in [-0.15, -0.1) is 11.3 Å². The van der Waals surface area contributed by atoms with E-state index in [1.54, 1.807) is 17.5 Å². The minimum atomic E-state index is -3.43. The van der Waals surface area contributed by atoms with E-state index in [-0.39, 0.29) is 23.3 Å². The van der Waals surface area contributed by atoms with Gasteiger partial charge < -0.3 is 5.32 Å². The Morgan fingerprint density at radius 1 is 1.14 bits per heavy atom. The van der Waals surface area contributed by atoms with Crippen molar-refractivity contribution in [1.29, 1.82) is 0 Å². The molecule has 5 nitrogen and oxygen atoms in total. The number of sulfonamides is 1. The van der Waals surface area contributed by atoms with Crippen molar-refractivity contribution in [3.63, 3.8) is 0 Å². The summed E-state index contributed by atoms with van der Waals surface area (Å²) in [6.07, 6.45) is 1.10. The lowest BCUT2D eigenvalue weighted by molar-refractivity contribution is -0.126.